The normalized spacial score (nSPS) is 15.9. The molecule has 0 heterocycles. The SMILES string of the molecule is COc1ccc([C@H](C)NC(=O)CN(C2CCCCC2)S(=O)(=O)c2c(C)cc(C)cc2C)cc1. The monoisotopic (exact) mass is 472 g/mol. The number of benzene rings is 2. The highest BCUT2D eigenvalue weighted by atomic mass is 32.2. The number of nitrogens with zero attached hydrogens (tertiary/aromatic N) is 1. The van der Waals surface area contributed by atoms with E-state index in [0.29, 0.717) is 4.90 Å². The molecule has 0 radical (unpaired) electrons. The summed E-state index contributed by atoms with van der Waals surface area (Å²) in [5, 5.41) is 2.98. The molecule has 1 saturated carbocycles. The zero-order valence-corrected chi connectivity index (χ0v) is 21.2. The van der Waals surface area contributed by atoms with Crippen LogP contribution in [0, 0.1) is 20.8 Å². The molecule has 0 bridgehead atoms. The molecule has 0 spiro atoms. The number of hydrogen-bond donors (Lipinski definition) is 1. The number of rotatable bonds is 8. The van der Waals surface area contributed by atoms with Crippen molar-refractivity contribution in [1.82, 2.24) is 9.62 Å². The van der Waals surface area contributed by atoms with Crippen molar-refractivity contribution >= 4 is 15.9 Å². The number of methoxy groups -OCH3 is 1. The minimum Gasteiger partial charge on any atom is -0.497 e. The van der Waals surface area contributed by atoms with Gasteiger partial charge in [0.15, 0.2) is 0 Å². The molecular weight excluding hydrogens is 436 g/mol. The minimum absolute atomic E-state index is 0.161. The first-order valence-electron chi connectivity index (χ1n) is 11.7. The molecular formula is C26H36N2O4S. The van der Waals surface area contributed by atoms with Crippen LogP contribution in [0.5, 0.6) is 5.75 Å². The predicted molar refractivity (Wildman–Crippen MR) is 131 cm³/mol. The van der Waals surface area contributed by atoms with Crippen molar-refractivity contribution in [2.24, 2.45) is 0 Å². The van der Waals surface area contributed by atoms with Gasteiger partial charge in [0.05, 0.1) is 24.6 Å². The molecule has 0 unspecified atom stereocenters. The maximum absolute atomic E-state index is 13.9. The van der Waals surface area contributed by atoms with Crippen molar-refractivity contribution in [3.8, 4) is 5.75 Å². The summed E-state index contributed by atoms with van der Waals surface area (Å²) in [6, 6.07) is 10.9. The molecule has 0 aromatic heterocycles. The highest BCUT2D eigenvalue weighted by molar-refractivity contribution is 7.89. The molecule has 180 valence electrons. The molecule has 3 rings (SSSR count). The fraction of sp³-hybridized carbons (Fsp3) is 0.500. The van der Waals surface area contributed by atoms with Gasteiger partial charge in [-0.3, -0.25) is 4.79 Å². The van der Waals surface area contributed by atoms with E-state index in [1.807, 2.05) is 64.1 Å². The summed E-state index contributed by atoms with van der Waals surface area (Å²) in [5.74, 6) is 0.450. The Bertz CT molecular complexity index is 1050. The largest absolute Gasteiger partial charge is 0.497 e. The van der Waals surface area contributed by atoms with E-state index in [4.69, 9.17) is 4.74 Å². The van der Waals surface area contributed by atoms with Crippen LogP contribution in [0.1, 0.15) is 67.3 Å². The summed E-state index contributed by atoms with van der Waals surface area (Å²) in [6.45, 7) is 7.34. The molecule has 1 N–H and O–H groups in total. The zero-order valence-electron chi connectivity index (χ0n) is 20.3. The van der Waals surface area contributed by atoms with Crippen LogP contribution in [0.2, 0.25) is 0 Å². The lowest BCUT2D eigenvalue weighted by Crippen LogP contribution is -2.47. The van der Waals surface area contributed by atoms with Crippen LogP contribution in [-0.2, 0) is 14.8 Å². The number of aryl methyl sites for hydroxylation is 3. The van der Waals surface area contributed by atoms with Crippen LogP contribution >= 0.6 is 0 Å². The lowest BCUT2D eigenvalue weighted by atomic mass is 9.95. The quantitative estimate of drug-likeness (QED) is 0.598. The number of hydrogen-bond acceptors (Lipinski definition) is 4. The van der Waals surface area contributed by atoms with E-state index in [9.17, 15) is 13.2 Å². The Morgan fingerprint density at radius 1 is 1.06 bits per heavy atom. The first-order valence-corrected chi connectivity index (χ1v) is 13.1. The van der Waals surface area contributed by atoms with Gasteiger partial charge >= 0.3 is 0 Å². The van der Waals surface area contributed by atoms with Gasteiger partial charge in [0.2, 0.25) is 15.9 Å². The van der Waals surface area contributed by atoms with Gasteiger partial charge in [-0.1, -0.05) is 49.1 Å². The number of carbonyl (C=O) groups excluding carboxylic acids is 1. The van der Waals surface area contributed by atoms with Crippen molar-refractivity contribution in [3.63, 3.8) is 0 Å². The molecule has 1 aliphatic rings. The third kappa shape index (κ3) is 5.95. The second kappa shape index (κ2) is 10.7. The standard InChI is InChI=1S/C26H36N2O4S/c1-18-15-19(2)26(20(3)16-18)33(30,31)28(23-9-7-6-8-10-23)17-25(29)27-21(4)22-11-13-24(32-5)14-12-22/h11-16,21,23H,6-10,17H2,1-5H3,(H,27,29)/t21-/m0/s1. The summed E-state index contributed by atoms with van der Waals surface area (Å²) < 4.78 is 34.4. The Morgan fingerprint density at radius 3 is 2.18 bits per heavy atom. The van der Waals surface area contributed by atoms with Gasteiger partial charge < -0.3 is 10.1 Å². The molecule has 1 fully saturated rings. The van der Waals surface area contributed by atoms with Crippen LogP contribution in [-0.4, -0.2) is 38.3 Å². The van der Waals surface area contributed by atoms with Crippen LogP contribution in [0.25, 0.3) is 0 Å². The van der Waals surface area contributed by atoms with Gasteiger partial charge in [-0.05, 0) is 69.4 Å². The van der Waals surface area contributed by atoms with Crippen molar-refractivity contribution in [3.05, 3.63) is 58.7 Å². The molecule has 1 amide bonds. The van der Waals surface area contributed by atoms with Crippen LogP contribution in [0.4, 0.5) is 0 Å². The van der Waals surface area contributed by atoms with Gasteiger partial charge in [0.1, 0.15) is 5.75 Å². The number of nitrogens with one attached hydrogen (secondary N) is 1. The van der Waals surface area contributed by atoms with Crippen molar-refractivity contribution in [2.75, 3.05) is 13.7 Å². The zero-order chi connectivity index (χ0) is 24.2. The first kappa shape index (κ1) is 25.2. The maximum Gasteiger partial charge on any atom is 0.244 e. The van der Waals surface area contributed by atoms with E-state index < -0.39 is 10.0 Å². The highest BCUT2D eigenvalue weighted by Crippen LogP contribution is 2.31. The smallest absolute Gasteiger partial charge is 0.244 e. The predicted octanol–water partition coefficient (Wildman–Crippen LogP) is 4.82. The van der Waals surface area contributed by atoms with Gasteiger partial charge in [-0.15, -0.1) is 0 Å². The van der Waals surface area contributed by atoms with E-state index in [1.165, 1.54) is 4.31 Å². The van der Waals surface area contributed by atoms with E-state index >= 15 is 0 Å². The van der Waals surface area contributed by atoms with Crippen molar-refractivity contribution in [1.29, 1.82) is 0 Å². The molecule has 1 aliphatic carbocycles. The Kier molecular flexibility index (Phi) is 8.19. The topological polar surface area (TPSA) is 75.7 Å². The Labute approximate surface area is 198 Å². The molecule has 1 atom stereocenters. The Balaban J connectivity index is 1.85. The fourth-order valence-corrected chi connectivity index (χ4v) is 6.93. The summed E-state index contributed by atoms with van der Waals surface area (Å²) in [7, 11) is -2.22. The third-order valence-electron chi connectivity index (χ3n) is 6.45. The lowest BCUT2D eigenvalue weighted by molar-refractivity contribution is -0.122. The minimum atomic E-state index is -3.83. The van der Waals surface area contributed by atoms with Crippen LogP contribution < -0.4 is 10.1 Å². The van der Waals surface area contributed by atoms with E-state index in [0.717, 1.165) is 60.1 Å². The second-order valence-electron chi connectivity index (χ2n) is 9.13. The number of carbonyl (C=O) groups is 1. The van der Waals surface area contributed by atoms with E-state index in [-0.39, 0.29) is 24.5 Å². The third-order valence-corrected chi connectivity index (χ3v) is 8.65. The number of amides is 1. The maximum atomic E-state index is 13.9. The summed E-state index contributed by atoms with van der Waals surface area (Å²) in [6.07, 6.45) is 4.63. The second-order valence-corrected chi connectivity index (χ2v) is 11.0. The Hall–Kier alpha value is -2.38. The van der Waals surface area contributed by atoms with Gasteiger partial charge in [-0.2, -0.15) is 4.31 Å². The summed E-state index contributed by atoms with van der Waals surface area (Å²) >= 11 is 0. The van der Waals surface area contributed by atoms with Crippen molar-refractivity contribution < 1.29 is 17.9 Å². The molecule has 7 heteroatoms. The molecule has 2 aromatic carbocycles. The summed E-state index contributed by atoms with van der Waals surface area (Å²) in [5.41, 5.74) is 3.40. The molecule has 2 aromatic rings. The van der Waals surface area contributed by atoms with Crippen LogP contribution in [0.3, 0.4) is 0 Å². The summed E-state index contributed by atoms with van der Waals surface area (Å²) in [4.78, 5) is 13.4. The van der Waals surface area contributed by atoms with Gasteiger partial charge in [0.25, 0.3) is 0 Å². The average molecular weight is 473 g/mol. The lowest BCUT2D eigenvalue weighted by Gasteiger charge is -2.34. The van der Waals surface area contributed by atoms with E-state index in [2.05, 4.69) is 5.32 Å². The molecule has 6 nitrogen and oxygen atoms in total. The molecule has 0 saturated heterocycles. The fourth-order valence-electron chi connectivity index (χ4n) is 4.87. The number of ether oxygens (including phenoxy) is 1. The number of sulfonamides is 1. The van der Waals surface area contributed by atoms with Gasteiger partial charge in [0, 0.05) is 6.04 Å². The first-order chi connectivity index (χ1) is 15.6. The van der Waals surface area contributed by atoms with Gasteiger partial charge in [-0.25, -0.2) is 8.42 Å². The van der Waals surface area contributed by atoms with E-state index in [1.54, 1.807) is 7.11 Å². The molecule has 33 heavy (non-hydrogen) atoms. The molecule has 0 aliphatic heterocycles. The Morgan fingerprint density at radius 2 is 1.64 bits per heavy atom. The average Bonchev–Trinajstić information content (AvgIpc) is 2.77. The highest BCUT2D eigenvalue weighted by Gasteiger charge is 2.36. The van der Waals surface area contributed by atoms with Crippen molar-refractivity contribution in [2.45, 2.75) is 76.8 Å². The van der Waals surface area contributed by atoms with Crippen LogP contribution in [0.15, 0.2) is 41.3 Å².